The topological polar surface area (TPSA) is 115 Å². The molecule has 0 atom stereocenters. The molecule has 0 saturated heterocycles. The number of aromatic nitrogens is 5. The highest BCUT2D eigenvalue weighted by molar-refractivity contribution is 6.32. The first-order chi connectivity index (χ1) is 17.6. The zero-order chi connectivity index (χ0) is 26.9. The molecule has 0 radical (unpaired) electrons. The minimum Gasteiger partial charge on any atom is -0.320 e. The number of hydrogen-bond acceptors (Lipinski definition) is 6. The van der Waals surface area contributed by atoms with Gasteiger partial charge in [0.2, 0.25) is 0 Å². The number of rotatable bonds is 5. The van der Waals surface area contributed by atoms with Crippen molar-refractivity contribution in [3.8, 4) is 29.4 Å². The van der Waals surface area contributed by atoms with Crippen LogP contribution in [0.1, 0.15) is 10.4 Å². The van der Waals surface area contributed by atoms with E-state index in [0.717, 1.165) is 17.1 Å². The van der Waals surface area contributed by atoms with Crippen LogP contribution < -0.4 is 10.6 Å². The lowest BCUT2D eigenvalue weighted by Gasteiger charge is -2.14. The van der Waals surface area contributed by atoms with Crippen molar-refractivity contribution >= 4 is 34.8 Å². The van der Waals surface area contributed by atoms with Gasteiger partial charge < -0.3 is 10.6 Å². The first kappa shape index (κ1) is 25.2. The maximum absolute atomic E-state index is 15.0. The molecule has 0 unspecified atom stereocenters. The second kappa shape index (κ2) is 9.99. The van der Waals surface area contributed by atoms with E-state index in [4.69, 9.17) is 18.0 Å². The van der Waals surface area contributed by atoms with E-state index in [1.54, 1.807) is 5.92 Å². The minimum absolute atomic E-state index is 0.0583. The van der Waals surface area contributed by atoms with Gasteiger partial charge in [0, 0.05) is 6.07 Å². The van der Waals surface area contributed by atoms with E-state index in [-0.39, 0.29) is 16.5 Å². The highest BCUT2D eigenvalue weighted by Gasteiger charge is 2.32. The van der Waals surface area contributed by atoms with Gasteiger partial charge in [-0.3, -0.25) is 14.6 Å². The summed E-state index contributed by atoms with van der Waals surface area (Å²) in [5.74, 6) is -10.4. The molecule has 3 aromatic heterocycles. The Morgan fingerprint density at radius 3 is 2.16 bits per heavy atom. The number of terminal acetylenes is 1. The van der Waals surface area contributed by atoms with E-state index in [0.29, 0.717) is 12.3 Å². The molecule has 0 fully saturated rings. The van der Waals surface area contributed by atoms with Crippen LogP contribution in [0.25, 0.3) is 17.1 Å². The van der Waals surface area contributed by atoms with Crippen LogP contribution in [0.3, 0.4) is 0 Å². The number of pyridine rings is 2. The monoisotopic (exact) mass is 533 g/mol. The molecule has 0 bridgehead atoms. The van der Waals surface area contributed by atoms with Crippen LogP contribution in [0.4, 0.5) is 33.3 Å². The Hall–Kier alpha value is -4.90. The van der Waals surface area contributed by atoms with Crippen LogP contribution in [0.5, 0.6) is 0 Å². The van der Waals surface area contributed by atoms with Crippen molar-refractivity contribution in [3.63, 3.8) is 0 Å². The maximum atomic E-state index is 15.0. The normalized spacial score (nSPS) is 10.6. The molecule has 0 aliphatic heterocycles. The fourth-order valence-electron chi connectivity index (χ4n) is 3.10. The van der Waals surface area contributed by atoms with Crippen molar-refractivity contribution in [2.24, 2.45) is 0 Å². The number of carbonyl (C=O) groups is 2. The fourth-order valence-corrected chi connectivity index (χ4v) is 3.34. The number of nitrogens with zero attached hydrogens (tertiary/aromatic N) is 5. The lowest BCUT2D eigenvalue weighted by atomic mass is 10.0. The molecule has 9 nitrogen and oxygen atoms in total. The maximum Gasteiger partial charge on any atom is 0.300 e. The molecule has 0 spiro atoms. The number of benzene rings is 1. The van der Waals surface area contributed by atoms with Crippen LogP contribution in [-0.2, 0) is 4.79 Å². The molecule has 37 heavy (non-hydrogen) atoms. The number of carbonyl (C=O) groups excluding carboxylic acids is 2. The third-order valence-corrected chi connectivity index (χ3v) is 4.93. The summed E-state index contributed by atoms with van der Waals surface area (Å²) in [6, 6.07) is 1.71. The van der Waals surface area contributed by atoms with E-state index in [1.807, 2.05) is 10.6 Å². The predicted molar refractivity (Wildman–Crippen MR) is 119 cm³/mol. The first-order valence-electron chi connectivity index (χ1n) is 9.75. The van der Waals surface area contributed by atoms with E-state index < -0.39 is 63.4 Å². The third kappa shape index (κ3) is 4.80. The second-order valence-corrected chi connectivity index (χ2v) is 7.36. The van der Waals surface area contributed by atoms with Crippen molar-refractivity contribution in [2.75, 3.05) is 10.6 Å². The summed E-state index contributed by atoms with van der Waals surface area (Å²) in [6.07, 6.45) is 9.11. The van der Waals surface area contributed by atoms with Gasteiger partial charge in [0.1, 0.15) is 17.1 Å². The SMILES string of the molecule is C#CC(=O)Nc1cc(F)cnc1-c1c(F)c(F)c(C(=O)Nc2cnc(-n3nccn3)c(Cl)c2)c(F)c1F. The van der Waals surface area contributed by atoms with Crippen LogP contribution in [0, 0.1) is 41.4 Å². The van der Waals surface area contributed by atoms with E-state index in [1.165, 1.54) is 12.4 Å². The Kier molecular flexibility index (Phi) is 6.81. The molecule has 186 valence electrons. The Balaban J connectivity index is 1.73. The summed E-state index contributed by atoms with van der Waals surface area (Å²) in [5, 5.41) is 11.5. The van der Waals surface area contributed by atoms with Crippen molar-refractivity contribution in [1.82, 2.24) is 25.0 Å². The van der Waals surface area contributed by atoms with E-state index in [2.05, 4.69) is 20.2 Å². The average molecular weight is 534 g/mol. The van der Waals surface area contributed by atoms with Gasteiger partial charge in [0.15, 0.2) is 29.1 Å². The van der Waals surface area contributed by atoms with Gasteiger partial charge in [0.05, 0.1) is 46.7 Å². The molecule has 2 N–H and O–H groups in total. The molecule has 3 heterocycles. The van der Waals surface area contributed by atoms with Crippen LogP contribution in [0.2, 0.25) is 5.02 Å². The molecular weight excluding hydrogens is 525 g/mol. The van der Waals surface area contributed by atoms with Gasteiger partial charge in [-0.1, -0.05) is 11.6 Å². The predicted octanol–water partition coefficient (Wildman–Crippen LogP) is 3.90. The lowest BCUT2D eigenvalue weighted by molar-refractivity contribution is -0.111. The van der Waals surface area contributed by atoms with Crippen LogP contribution >= 0.6 is 11.6 Å². The smallest absolute Gasteiger partial charge is 0.300 e. The molecule has 4 aromatic rings. The zero-order valence-electron chi connectivity index (χ0n) is 17.9. The Labute approximate surface area is 208 Å². The zero-order valence-corrected chi connectivity index (χ0v) is 18.6. The quantitative estimate of drug-likeness (QED) is 0.228. The van der Waals surface area contributed by atoms with Crippen molar-refractivity contribution < 1.29 is 31.5 Å². The van der Waals surface area contributed by atoms with E-state index >= 15 is 0 Å². The number of amides is 2. The van der Waals surface area contributed by atoms with Gasteiger partial charge in [0.25, 0.3) is 11.8 Å². The van der Waals surface area contributed by atoms with Crippen molar-refractivity contribution in [3.05, 3.63) is 76.6 Å². The highest BCUT2D eigenvalue weighted by Crippen LogP contribution is 2.35. The summed E-state index contributed by atoms with van der Waals surface area (Å²) >= 11 is 6.07. The standard InChI is InChI=1S/C22H9ClF5N7O2/c1-2-13(36)34-12-5-9(24)7-29-20(12)14-16(25)18(27)15(19(28)17(14)26)22(37)33-10-6-11(23)21(30-8-10)35-31-3-4-32-35/h1,3-8H,(H,33,37)(H,34,36). The van der Waals surface area contributed by atoms with Gasteiger partial charge in [-0.15, -0.1) is 11.2 Å². The number of halogens is 6. The number of hydrogen-bond donors (Lipinski definition) is 2. The highest BCUT2D eigenvalue weighted by atomic mass is 35.5. The molecule has 0 aliphatic rings. The molecule has 4 rings (SSSR count). The van der Waals surface area contributed by atoms with Gasteiger partial charge in [-0.2, -0.15) is 10.2 Å². The second-order valence-electron chi connectivity index (χ2n) is 6.96. The van der Waals surface area contributed by atoms with Crippen LogP contribution in [-0.4, -0.2) is 36.8 Å². The summed E-state index contributed by atoms with van der Waals surface area (Å²) in [4.78, 5) is 32.4. The van der Waals surface area contributed by atoms with Crippen molar-refractivity contribution in [1.29, 1.82) is 0 Å². The Morgan fingerprint density at radius 1 is 0.919 bits per heavy atom. The third-order valence-electron chi connectivity index (χ3n) is 4.65. The lowest BCUT2D eigenvalue weighted by Crippen LogP contribution is -2.20. The molecule has 0 saturated carbocycles. The number of nitrogens with one attached hydrogen (secondary N) is 2. The average Bonchev–Trinajstić information content (AvgIpc) is 3.39. The number of anilines is 2. The molecular formula is C22H9ClF5N7O2. The van der Waals surface area contributed by atoms with Crippen LogP contribution in [0.15, 0.2) is 36.9 Å². The van der Waals surface area contributed by atoms with Gasteiger partial charge in [-0.05, 0) is 12.0 Å². The minimum atomic E-state index is -2.09. The molecule has 15 heteroatoms. The summed E-state index contributed by atoms with van der Waals surface area (Å²) in [5.41, 5.74) is -4.79. The Morgan fingerprint density at radius 2 is 1.57 bits per heavy atom. The Bertz CT molecular complexity index is 1580. The molecule has 0 aliphatic carbocycles. The van der Waals surface area contributed by atoms with Gasteiger partial charge in [-0.25, -0.2) is 26.9 Å². The van der Waals surface area contributed by atoms with Crippen molar-refractivity contribution in [2.45, 2.75) is 0 Å². The first-order valence-corrected chi connectivity index (χ1v) is 10.1. The molecule has 1 aromatic carbocycles. The van der Waals surface area contributed by atoms with E-state index in [9.17, 15) is 31.5 Å². The van der Waals surface area contributed by atoms with Gasteiger partial charge >= 0.3 is 0 Å². The largest absolute Gasteiger partial charge is 0.320 e. The molecule has 2 amide bonds. The fraction of sp³-hybridized carbons (Fsp3) is 0. The summed E-state index contributed by atoms with van der Waals surface area (Å²) in [6.45, 7) is 0. The summed E-state index contributed by atoms with van der Waals surface area (Å²) in [7, 11) is 0. The summed E-state index contributed by atoms with van der Waals surface area (Å²) < 4.78 is 73.3.